The van der Waals surface area contributed by atoms with E-state index < -0.39 is 12.0 Å². The minimum atomic E-state index is -1.09. The molecule has 1 heterocycles. The van der Waals surface area contributed by atoms with Crippen molar-refractivity contribution in [2.24, 2.45) is 0 Å². The molecule has 0 bridgehead atoms. The number of nitrogens with zero attached hydrogens (tertiary/aromatic N) is 1. The van der Waals surface area contributed by atoms with Crippen molar-refractivity contribution in [1.82, 2.24) is 15.3 Å². The maximum absolute atomic E-state index is 13.2. The lowest BCUT2D eigenvalue weighted by Crippen LogP contribution is -2.30. The van der Waals surface area contributed by atoms with Gasteiger partial charge in [-0.05, 0) is 73.2 Å². The monoisotopic (exact) mass is 603 g/mol. The fourth-order valence-corrected chi connectivity index (χ4v) is 5.12. The molecular weight excluding hydrogens is 566 g/mol. The SMILES string of the molecule is CCCCOc1ccc(C(Cc2ncc(-c3ccc(C)cc3Cl)[nH]2)NC(=O)CCCc2ccc(OC)cc2)cc1C(=O)O. The molecule has 0 aliphatic rings. The lowest BCUT2D eigenvalue weighted by Gasteiger charge is -2.20. The molecule has 1 unspecified atom stereocenters. The lowest BCUT2D eigenvalue weighted by molar-refractivity contribution is -0.121. The fraction of sp³-hybridized carbons (Fsp3) is 0.324. The number of hydrogen-bond acceptors (Lipinski definition) is 5. The number of carbonyl (C=O) groups excluding carboxylic acids is 1. The van der Waals surface area contributed by atoms with E-state index in [-0.39, 0.29) is 11.5 Å². The second kappa shape index (κ2) is 15.3. The second-order valence-corrected chi connectivity index (χ2v) is 10.9. The molecule has 1 atom stereocenters. The molecule has 43 heavy (non-hydrogen) atoms. The zero-order chi connectivity index (χ0) is 30.8. The number of carbonyl (C=O) groups is 2. The van der Waals surface area contributed by atoms with Gasteiger partial charge in [-0.25, -0.2) is 9.78 Å². The number of nitrogens with one attached hydrogen (secondary N) is 2. The number of H-pyrrole nitrogens is 1. The Morgan fingerprint density at radius 1 is 1.07 bits per heavy atom. The molecule has 4 aromatic rings. The van der Waals surface area contributed by atoms with Crippen LogP contribution in [0.15, 0.2) is 66.9 Å². The van der Waals surface area contributed by atoms with Crippen molar-refractivity contribution >= 4 is 23.5 Å². The summed E-state index contributed by atoms with van der Waals surface area (Å²) in [4.78, 5) is 33.2. The molecule has 0 fully saturated rings. The molecule has 9 heteroatoms. The number of unbranched alkanes of at least 4 members (excludes halogenated alkanes) is 1. The summed E-state index contributed by atoms with van der Waals surface area (Å²) in [5.41, 5.74) is 4.46. The molecule has 3 N–H and O–H groups in total. The number of ether oxygens (including phenoxy) is 2. The zero-order valence-electron chi connectivity index (χ0n) is 24.8. The maximum Gasteiger partial charge on any atom is 0.339 e. The van der Waals surface area contributed by atoms with Crippen LogP contribution in [0.1, 0.15) is 71.5 Å². The van der Waals surface area contributed by atoms with Crippen LogP contribution in [0.5, 0.6) is 11.5 Å². The minimum Gasteiger partial charge on any atom is -0.497 e. The van der Waals surface area contributed by atoms with E-state index in [1.54, 1.807) is 31.5 Å². The highest BCUT2D eigenvalue weighted by atomic mass is 35.5. The van der Waals surface area contributed by atoms with Crippen molar-refractivity contribution in [3.8, 4) is 22.8 Å². The van der Waals surface area contributed by atoms with Gasteiger partial charge in [-0.2, -0.15) is 0 Å². The highest BCUT2D eigenvalue weighted by Crippen LogP contribution is 2.29. The van der Waals surface area contributed by atoms with Gasteiger partial charge in [0.15, 0.2) is 0 Å². The molecule has 1 aromatic heterocycles. The number of aromatic amines is 1. The van der Waals surface area contributed by atoms with Gasteiger partial charge in [-0.1, -0.05) is 55.3 Å². The molecule has 0 saturated carbocycles. The summed E-state index contributed by atoms with van der Waals surface area (Å²) >= 11 is 6.48. The maximum atomic E-state index is 13.2. The molecule has 0 saturated heterocycles. The molecule has 3 aromatic carbocycles. The average Bonchev–Trinajstić information content (AvgIpc) is 3.45. The summed E-state index contributed by atoms with van der Waals surface area (Å²) in [5.74, 6) is 0.510. The van der Waals surface area contributed by atoms with Gasteiger partial charge in [-0.15, -0.1) is 0 Å². The molecule has 0 spiro atoms. The number of methoxy groups -OCH3 is 1. The second-order valence-electron chi connectivity index (χ2n) is 10.5. The van der Waals surface area contributed by atoms with Crippen LogP contribution < -0.4 is 14.8 Å². The third-order valence-electron chi connectivity index (χ3n) is 7.20. The number of halogens is 1. The normalized spacial score (nSPS) is 11.6. The highest BCUT2D eigenvalue weighted by Gasteiger charge is 2.21. The molecule has 0 aliphatic carbocycles. The number of carboxylic acids is 1. The fourth-order valence-electron chi connectivity index (χ4n) is 4.78. The quantitative estimate of drug-likeness (QED) is 0.122. The molecular formula is C34H38ClN3O5. The highest BCUT2D eigenvalue weighted by molar-refractivity contribution is 6.33. The van der Waals surface area contributed by atoms with E-state index in [1.807, 2.05) is 56.3 Å². The van der Waals surface area contributed by atoms with Crippen LogP contribution in [0.4, 0.5) is 0 Å². The molecule has 8 nitrogen and oxygen atoms in total. The Morgan fingerprint density at radius 2 is 1.86 bits per heavy atom. The van der Waals surface area contributed by atoms with Crippen LogP contribution in [0.3, 0.4) is 0 Å². The first-order valence-corrected chi connectivity index (χ1v) is 14.9. The van der Waals surface area contributed by atoms with E-state index in [2.05, 4.69) is 15.3 Å². The van der Waals surface area contributed by atoms with E-state index in [9.17, 15) is 14.7 Å². The molecule has 1 amide bonds. The Bertz CT molecular complexity index is 1530. The van der Waals surface area contributed by atoms with E-state index in [0.717, 1.165) is 47.4 Å². The number of aromatic nitrogens is 2. The summed E-state index contributed by atoms with van der Waals surface area (Å²) in [7, 11) is 1.63. The Kier molecular flexibility index (Phi) is 11.2. The largest absolute Gasteiger partial charge is 0.497 e. The predicted molar refractivity (Wildman–Crippen MR) is 168 cm³/mol. The first kappa shape index (κ1) is 31.6. The van der Waals surface area contributed by atoms with E-state index in [1.165, 1.54) is 0 Å². The summed E-state index contributed by atoms with van der Waals surface area (Å²) in [6, 6.07) is 18.1. The number of aryl methyl sites for hydroxylation is 2. The predicted octanol–water partition coefficient (Wildman–Crippen LogP) is 7.35. The number of imidazole rings is 1. The van der Waals surface area contributed by atoms with Gasteiger partial charge in [0.1, 0.15) is 22.9 Å². The van der Waals surface area contributed by atoms with Crippen LogP contribution >= 0.6 is 11.6 Å². The van der Waals surface area contributed by atoms with Crippen molar-refractivity contribution in [1.29, 1.82) is 0 Å². The summed E-state index contributed by atoms with van der Waals surface area (Å²) < 4.78 is 11.0. The average molecular weight is 604 g/mol. The van der Waals surface area contributed by atoms with Gasteiger partial charge >= 0.3 is 5.97 Å². The number of carboxylic acid groups (broad SMARTS) is 1. The first-order valence-electron chi connectivity index (χ1n) is 14.5. The molecule has 0 aliphatic heterocycles. The standard InChI is InChI=1S/C34H38ClN3O5/c1-4-5-17-43-31-16-12-24(19-27(31)34(40)41)29(38-33(39)8-6-7-23-10-13-25(42-3)14-11-23)20-32-36-21-30(37-32)26-15-9-22(2)18-28(26)35/h9-16,18-19,21,29H,4-8,17,20H2,1-3H3,(H,36,37)(H,38,39)(H,40,41). The number of rotatable bonds is 15. The number of aromatic carboxylic acids is 1. The smallest absolute Gasteiger partial charge is 0.339 e. The van der Waals surface area contributed by atoms with Crippen molar-refractivity contribution < 1.29 is 24.2 Å². The van der Waals surface area contributed by atoms with Crippen LogP contribution in [0.25, 0.3) is 11.3 Å². The van der Waals surface area contributed by atoms with Gasteiger partial charge in [0, 0.05) is 18.4 Å². The first-order chi connectivity index (χ1) is 20.8. The third kappa shape index (κ3) is 8.85. The zero-order valence-corrected chi connectivity index (χ0v) is 25.5. The van der Waals surface area contributed by atoms with Crippen LogP contribution in [0.2, 0.25) is 5.02 Å². The summed E-state index contributed by atoms with van der Waals surface area (Å²) in [6.45, 7) is 4.45. The van der Waals surface area contributed by atoms with E-state index >= 15 is 0 Å². The third-order valence-corrected chi connectivity index (χ3v) is 7.51. The number of amides is 1. The van der Waals surface area contributed by atoms with Crippen LogP contribution in [-0.2, 0) is 17.6 Å². The van der Waals surface area contributed by atoms with Crippen molar-refractivity contribution in [2.75, 3.05) is 13.7 Å². The minimum absolute atomic E-state index is 0.0546. The Morgan fingerprint density at radius 3 is 2.56 bits per heavy atom. The van der Waals surface area contributed by atoms with Gasteiger partial charge < -0.3 is 24.9 Å². The number of benzene rings is 3. The van der Waals surface area contributed by atoms with Gasteiger partial charge in [0.05, 0.1) is 36.7 Å². The topological polar surface area (TPSA) is 114 Å². The molecule has 0 radical (unpaired) electrons. The number of hydrogen-bond donors (Lipinski definition) is 3. The van der Waals surface area contributed by atoms with E-state index in [0.29, 0.717) is 48.0 Å². The van der Waals surface area contributed by atoms with E-state index in [4.69, 9.17) is 21.1 Å². The van der Waals surface area contributed by atoms with Gasteiger partial charge in [0.2, 0.25) is 5.91 Å². The molecule has 226 valence electrons. The van der Waals surface area contributed by atoms with Gasteiger partial charge in [-0.3, -0.25) is 4.79 Å². The van der Waals surface area contributed by atoms with Crippen molar-refractivity contribution in [3.05, 3.63) is 100.0 Å². The summed E-state index contributed by atoms with van der Waals surface area (Å²) in [6.07, 6.45) is 5.51. The lowest BCUT2D eigenvalue weighted by atomic mass is 9.99. The van der Waals surface area contributed by atoms with Crippen molar-refractivity contribution in [3.63, 3.8) is 0 Å². The Hall–Kier alpha value is -4.30. The van der Waals surface area contributed by atoms with Gasteiger partial charge in [0.25, 0.3) is 0 Å². The summed E-state index contributed by atoms with van der Waals surface area (Å²) in [5, 5.41) is 13.7. The van der Waals surface area contributed by atoms with Crippen molar-refractivity contribution in [2.45, 2.75) is 58.4 Å². The van der Waals surface area contributed by atoms with Crippen LogP contribution in [-0.4, -0.2) is 40.7 Å². The van der Waals surface area contributed by atoms with Crippen LogP contribution in [0, 0.1) is 6.92 Å². The Labute approximate surface area is 257 Å². The molecule has 4 rings (SSSR count). The Balaban J connectivity index is 1.53.